The summed E-state index contributed by atoms with van der Waals surface area (Å²) in [6, 6.07) is 10.2. The molecule has 2 aromatic rings. The standard InChI is InChI=1S/C17H21N3OS/c1-12-8-13(2)20(19-12)10-14-4-3-5-15(9-14)17(21)18-16-6-7-22-11-16/h3-5,8-9,16H,6-7,10-11H2,1-2H3,(H,18,21). The number of nitrogens with zero attached hydrogens (tertiary/aromatic N) is 2. The van der Waals surface area contributed by atoms with Crippen molar-refractivity contribution in [2.45, 2.75) is 32.9 Å². The number of hydrogen-bond donors (Lipinski definition) is 1. The van der Waals surface area contributed by atoms with Crippen molar-refractivity contribution < 1.29 is 4.79 Å². The Morgan fingerprint density at radius 3 is 2.95 bits per heavy atom. The Hall–Kier alpha value is -1.75. The predicted molar refractivity (Wildman–Crippen MR) is 90.4 cm³/mol. The Morgan fingerprint density at radius 2 is 2.27 bits per heavy atom. The Kier molecular flexibility index (Phi) is 4.52. The van der Waals surface area contributed by atoms with Crippen LogP contribution < -0.4 is 5.32 Å². The lowest BCUT2D eigenvalue weighted by Crippen LogP contribution is -2.34. The highest BCUT2D eigenvalue weighted by atomic mass is 32.2. The zero-order chi connectivity index (χ0) is 15.5. The molecule has 3 rings (SSSR count). The van der Waals surface area contributed by atoms with E-state index in [0.717, 1.165) is 40.4 Å². The molecule has 1 aromatic heterocycles. The van der Waals surface area contributed by atoms with E-state index in [1.165, 1.54) is 0 Å². The number of aryl methyl sites for hydroxylation is 2. The maximum absolute atomic E-state index is 12.3. The molecule has 1 aliphatic rings. The number of amides is 1. The minimum atomic E-state index is 0.0303. The van der Waals surface area contributed by atoms with Crippen molar-refractivity contribution in [3.05, 3.63) is 52.8 Å². The highest BCUT2D eigenvalue weighted by Crippen LogP contribution is 2.18. The van der Waals surface area contributed by atoms with Crippen LogP contribution in [-0.4, -0.2) is 33.2 Å². The second-order valence-corrected chi connectivity index (χ2v) is 6.97. The molecule has 0 saturated carbocycles. The van der Waals surface area contributed by atoms with Gasteiger partial charge in [0.15, 0.2) is 0 Å². The largest absolute Gasteiger partial charge is 0.348 e. The van der Waals surface area contributed by atoms with Gasteiger partial charge in [-0.3, -0.25) is 9.48 Å². The van der Waals surface area contributed by atoms with Crippen molar-refractivity contribution >= 4 is 17.7 Å². The summed E-state index contributed by atoms with van der Waals surface area (Å²) in [6.45, 7) is 4.74. The van der Waals surface area contributed by atoms with E-state index in [0.29, 0.717) is 12.6 Å². The molecule has 2 heterocycles. The van der Waals surface area contributed by atoms with Crippen LogP contribution in [0.25, 0.3) is 0 Å². The molecule has 4 nitrogen and oxygen atoms in total. The third-order valence-electron chi connectivity index (χ3n) is 3.89. The van der Waals surface area contributed by atoms with E-state index < -0.39 is 0 Å². The van der Waals surface area contributed by atoms with Gasteiger partial charge >= 0.3 is 0 Å². The molecule has 1 unspecified atom stereocenters. The summed E-state index contributed by atoms with van der Waals surface area (Å²) >= 11 is 1.90. The molecule has 5 heteroatoms. The average molecular weight is 315 g/mol. The highest BCUT2D eigenvalue weighted by molar-refractivity contribution is 7.99. The molecule has 1 saturated heterocycles. The summed E-state index contributed by atoms with van der Waals surface area (Å²) in [6.07, 6.45) is 1.07. The van der Waals surface area contributed by atoms with E-state index in [4.69, 9.17) is 0 Å². The van der Waals surface area contributed by atoms with Gasteiger partial charge in [-0.2, -0.15) is 16.9 Å². The van der Waals surface area contributed by atoms with Crippen molar-refractivity contribution in [2.24, 2.45) is 0 Å². The molecule has 0 spiro atoms. The third kappa shape index (κ3) is 3.53. The molecule has 1 fully saturated rings. The first-order valence-electron chi connectivity index (χ1n) is 7.60. The van der Waals surface area contributed by atoms with E-state index in [-0.39, 0.29) is 5.91 Å². The van der Waals surface area contributed by atoms with E-state index in [1.807, 2.05) is 54.6 Å². The van der Waals surface area contributed by atoms with Gasteiger partial charge in [0.1, 0.15) is 0 Å². The van der Waals surface area contributed by atoms with Gasteiger partial charge in [0.05, 0.1) is 12.2 Å². The number of aromatic nitrogens is 2. The average Bonchev–Trinajstić information content (AvgIpc) is 3.09. The molecule has 1 aliphatic heterocycles. The Labute approximate surface area is 135 Å². The van der Waals surface area contributed by atoms with Gasteiger partial charge in [-0.15, -0.1) is 0 Å². The molecule has 1 amide bonds. The van der Waals surface area contributed by atoms with Crippen molar-refractivity contribution in [2.75, 3.05) is 11.5 Å². The second-order valence-electron chi connectivity index (χ2n) is 5.82. The Balaban J connectivity index is 1.71. The molecular weight excluding hydrogens is 294 g/mol. The van der Waals surface area contributed by atoms with Crippen LogP contribution >= 0.6 is 11.8 Å². The summed E-state index contributed by atoms with van der Waals surface area (Å²) in [7, 11) is 0. The van der Waals surface area contributed by atoms with Crippen LogP contribution in [0, 0.1) is 13.8 Å². The van der Waals surface area contributed by atoms with Crippen LogP contribution in [0.1, 0.15) is 33.7 Å². The summed E-state index contributed by atoms with van der Waals surface area (Å²) in [4.78, 5) is 12.3. The zero-order valence-corrected chi connectivity index (χ0v) is 13.8. The molecule has 1 N–H and O–H groups in total. The maximum atomic E-state index is 12.3. The number of benzene rings is 1. The Morgan fingerprint density at radius 1 is 1.41 bits per heavy atom. The van der Waals surface area contributed by atoms with Crippen molar-refractivity contribution in [3.63, 3.8) is 0 Å². The lowest BCUT2D eigenvalue weighted by atomic mass is 10.1. The highest BCUT2D eigenvalue weighted by Gasteiger charge is 2.18. The SMILES string of the molecule is Cc1cc(C)n(Cc2cccc(C(=O)NC3CCSC3)c2)n1. The minimum Gasteiger partial charge on any atom is -0.348 e. The van der Waals surface area contributed by atoms with Crippen LogP contribution in [0.4, 0.5) is 0 Å². The van der Waals surface area contributed by atoms with E-state index >= 15 is 0 Å². The van der Waals surface area contributed by atoms with Gasteiger partial charge in [-0.1, -0.05) is 12.1 Å². The first-order chi connectivity index (χ1) is 10.6. The molecule has 0 bridgehead atoms. The summed E-state index contributed by atoms with van der Waals surface area (Å²) in [5, 5.41) is 7.60. The van der Waals surface area contributed by atoms with Crippen LogP contribution in [0.5, 0.6) is 0 Å². The third-order valence-corrected chi connectivity index (χ3v) is 5.05. The fourth-order valence-electron chi connectivity index (χ4n) is 2.74. The molecule has 22 heavy (non-hydrogen) atoms. The molecule has 0 aliphatic carbocycles. The fourth-order valence-corrected chi connectivity index (χ4v) is 3.89. The van der Waals surface area contributed by atoms with Crippen molar-refractivity contribution in [1.82, 2.24) is 15.1 Å². The first-order valence-corrected chi connectivity index (χ1v) is 8.76. The van der Waals surface area contributed by atoms with E-state index in [9.17, 15) is 4.79 Å². The number of thioether (sulfide) groups is 1. The normalized spacial score (nSPS) is 17.6. The van der Waals surface area contributed by atoms with Gasteiger partial charge in [-0.25, -0.2) is 0 Å². The lowest BCUT2D eigenvalue weighted by Gasteiger charge is -2.12. The number of nitrogens with one attached hydrogen (secondary N) is 1. The quantitative estimate of drug-likeness (QED) is 0.944. The molecule has 0 radical (unpaired) electrons. The van der Waals surface area contributed by atoms with Gasteiger partial charge in [-0.05, 0) is 49.8 Å². The maximum Gasteiger partial charge on any atom is 0.251 e. The molecular formula is C17H21N3OS. The molecule has 1 aromatic carbocycles. The van der Waals surface area contributed by atoms with Gasteiger partial charge in [0.2, 0.25) is 0 Å². The van der Waals surface area contributed by atoms with Crippen molar-refractivity contribution in [3.8, 4) is 0 Å². The Bertz CT molecular complexity index is 674. The van der Waals surface area contributed by atoms with Crippen molar-refractivity contribution in [1.29, 1.82) is 0 Å². The van der Waals surface area contributed by atoms with Gasteiger partial charge in [0, 0.05) is 23.1 Å². The van der Waals surface area contributed by atoms with E-state index in [2.05, 4.69) is 16.5 Å². The number of carbonyl (C=O) groups is 1. The summed E-state index contributed by atoms with van der Waals surface area (Å²) in [5.41, 5.74) is 3.98. The predicted octanol–water partition coefficient (Wildman–Crippen LogP) is 2.78. The fraction of sp³-hybridized carbons (Fsp3) is 0.412. The monoisotopic (exact) mass is 315 g/mol. The molecule has 116 valence electrons. The number of hydrogen-bond acceptors (Lipinski definition) is 3. The topological polar surface area (TPSA) is 46.9 Å². The van der Waals surface area contributed by atoms with Crippen LogP contribution in [0.3, 0.4) is 0 Å². The first kappa shape index (κ1) is 15.2. The number of carbonyl (C=O) groups excluding carboxylic acids is 1. The second kappa shape index (κ2) is 6.57. The van der Waals surface area contributed by atoms with Crippen LogP contribution in [-0.2, 0) is 6.54 Å². The van der Waals surface area contributed by atoms with E-state index in [1.54, 1.807) is 0 Å². The summed E-state index contributed by atoms with van der Waals surface area (Å²) in [5.74, 6) is 2.20. The van der Waals surface area contributed by atoms with Crippen LogP contribution in [0.15, 0.2) is 30.3 Å². The summed E-state index contributed by atoms with van der Waals surface area (Å²) < 4.78 is 1.97. The number of rotatable bonds is 4. The zero-order valence-electron chi connectivity index (χ0n) is 13.0. The van der Waals surface area contributed by atoms with Crippen LogP contribution in [0.2, 0.25) is 0 Å². The van der Waals surface area contributed by atoms with Gasteiger partial charge in [0.25, 0.3) is 5.91 Å². The van der Waals surface area contributed by atoms with Gasteiger partial charge < -0.3 is 5.32 Å². The lowest BCUT2D eigenvalue weighted by molar-refractivity contribution is 0.0941. The smallest absolute Gasteiger partial charge is 0.251 e. The minimum absolute atomic E-state index is 0.0303. The molecule has 1 atom stereocenters.